The number of nitrogens with zero attached hydrogens (tertiary/aromatic N) is 1. The monoisotopic (exact) mass is 347 g/mol. The standard InChI is InChI=1S/C17H18FN3O2S/c1-10-14(16(23)21-13-4-2-3-9-19-15(13)22)24-17(20-10)11-5-7-12(18)8-6-11/h5-8,13H,2-4,9H2,1H3,(H,19,22)(H,21,23)/t13-/m0/s1. The number of hydrogen-bond acceptors (Lipinski definition) is 4. The summed E-state index contributed by atoms with van der Waals surface area (Å²) in [5.74, 6) is -0.744. The molecule has 7 heteroatoms. The number of benzene rings is 1. The Morgan fingerprint density at radius 2 is 2.08 bits per heavy atom. The number of amides is 2. The van der Waals surface area contributed by atoms with Crippen LogP contribution >= 0.6 is 11.3 Å². The van der Waals surface area contributed by atoms with Crippen molar-refractivity contribution in [1.29, 1.82) is 0 Å². The van der Waals surface area contributed by atoms with Gasteiger partial charge in [0.15, 0.2) is 0 Å². The summed E-state index contributed by atoms with van der Waals surface area (Å²) in [6.07, 6.45) is 2.46. The van der Waals surface area contributed by atoms with Gasteiger partial charge in [0.2, 0.25) is 5.91 Å². The van der Waals surface area contributed by atoms with E-state index in [1.807, 2.05) is 0 Å². The van der Waals surface area contributed by atoms with Gasteiger partial charge in [-0.15, -0.1) is 11.3 Å². The SMILES string of the molecule is Cc1nc(-c2ccc(F)cc2)sc1C(=O)N[C@H]1CCCCNC1=O. The topological polar surface area (TPSA) is 71.1 Å². The van der Waals surface area contributed by atoms with Crippen LogP contribution < -0.4 is 10.6 Å². The van der Waals surface area contributed by atoms with Gasteiger partial charge >= 0.3 is 0 Å². The number of hydrogen-bond donors (Lipinski definition) is 2. The summed E-state index contributed by atoms with van der Waals surface area (Å²) in [5.41, 5.74) is 1.36. The zero-order chi connectivity index (χ0) is 17.1. The zero-order valence-corrected chi connectivity index (χ0v) is 14.1. The number of nitrogens with one attached hydrogen (secondary N) is 2. The highest BCUT2D eigenvalue weighted by atomic mass is 32.1. The van der Waals surface area contributed by atoms with Gasteiger partial charge in [0, 0.05) is 12.1 Å². The highest BCUT2D eigenvalue weighted by Crippen LogP contribution is 2.28. The Bertz CT molecular complexity index is 758. The van der Waals surface area contributed by atoms with E-state index in [4.69, 9.17) is 0 Å². The van der Waals surface area contributed by atoms with Crippen molar-refractivity contribution in [3.8, 4) is 10.6 Å². The van der Waals surface area contributed by atoms with Crippen LogP contribution in [0.2, 0.25) is 0 Å². The highest BCUT2D eigenvalue weighted by Gasteiger charge is 2.25. The van der Waals surface area contributed by atoms with Gasteiger partial charge in [0.1, 0.15) is 21.7 Å². The Hall–Kier alpha value is -2.28. The molecule has 126 valence electrons. The fourth-order valence-corrected chi connectivity index (χ4v) is 3.60. The minimum atomic E-state index is -0.504. The van der Waals surface area contributed by atoms with Gasteiger partial charge in [-0.05, 0) is 50.5 Å². The molecule has 24 heavy (non-hydrogen) atoms. The average molecular weight is 347 g/mol. The fraction of sp³-hybridized carbons (Fsp3) is 0.353. The summed E-state index contributed by atoms with van der Waals surface area (Å²) in [5, 5.41) is 6.26. The molecule has 2 N–H and O–H groups in total. The average Bonchev–Trinajstić information content (AvgIpc) is 2.84. The van der Waals surface area contributed by atoms with Gasteiger partial charge in [-0.2, -0.15) is 0 Å². The smallest absolute Gasteiger partial charge is 0.263 e. The Morgan fingerprint density at radius 1 is 1.33 bits per heavy atom. The van der Waals surface area contributed by atoms with Crippen LogP contribution in [0.5, 0.6) is 0 Å². The lowest BCUT2D eigenvalue weighted by atomic mass is 10.1. The molecular formula is C17H18FN3O2S. The van der Waals surface area contributed by atoms with E-state index in [2.05, 4.69) is 15.6 Å². The predicted octanol–water partition coefficient (Wildman–Crippen LogP) is 2.66. The van der Waals surface area contributed by atoms with Crippen molar-refractivity contribution in [3.63, 3.8) is 0 Å². The molecule has 2 amide bonds. The van der Waals surface area contributed by atoms with E-state index in [1.54, 1.807) is 19.1 Å². The van der Waals surface area contributed by atoms with E-state index in [0.717, 1.165) is 18.4 Å². The Balaban J connectivity index is 1.77. The Kier molecular flexibility index (Phi) is 4.89. The number of aromatic nitrogens is 1. The summed E-state index contributed by atoms with van der Waals surface area (Å²) in [4.78, 5) is 29.3. The predicted molar refractivity (Wildman–Crippen MR) is 90.4 cm³/mol. The lowest BCUT2D eigenvalue weighted by molar-refractivity contribution is -0.122. The molecule has 1 aliphatic rings. The lowest BCUT2D eigenvalue weighted by Crippen LogP contribution is -2.45. The summed E-state index contributed by atoms with van der Waals surface area (Å²) in [7, 11) is 0. The second-order valence-electron chi connectivity index (χ2n) is 5.75. The molecule has 0 radical (unpaired) electrons. The van der Waals surface area contributed by atoms with Gasteiger partial charge < -0.3 is 10.6 Å². The molecule has 2 heterocycles. The molecule has 1 saturated heterocycles. The first kappa shape index (κ1) is 16.6. The normalized spacial score (nSPS) is 17.9. The minimum absolute atomic E-state index is 0.137. The molecule has 5 nitrogen and oxygen atoms in total. The molecular weight excluding hydrogens is 329 g/mol. The Morgan fingerprint density at radius 3 is 2.83 bits per heavy atom. The number of rotatable bonds is 3. The largest absolute Gasteiger partial charge is 0.354 e. The molecule has 0 aliphatic carbocycles. The van der Waals surface area contributed by atoms with Crippen LogP contribution in [0.25, 0.3) is 10.6 Å². The third-order valence-electron chi connectivity index (χ3n) is 3.93. The maximum atomic E-state index is 13.0. The minimum Gasteiger partial charge on any atom is -0.354 e. The molecule has 3 rings (SSSR count). The van der Waals surface area contributed by atoms with Crippen LogP contribution in [0.1, 0.15) is 34.6 Å². The van der Waals surface area contributed by atoms with Crippen LogP contribution in [-0.4, -0.2) is 29.4 Å². The van der Waals surface area contributed by atoms with Crippen molar-refractivity contribution in [2.45, 2.75) is 32.2 Å². The second-order valence-corrected chi connectivity index (χ2v) is 6.75. The highest BCUT2D eigenvalue weighted by molar-refractivity contribution is 7.17. The van der Waals surface area contributed by atoms with Crippen molar-refractivity contribution in [1.82, 2.24) is 15.6 Å². The third kappa shape index (κ3) is 3.62. The van der Waals surface area contributed by atoms with E-state index in [9.17, 15) is 14.0 Å². The summed E-state index contributed by atoms with van der Waals surface area (Å²) in [6.45, 7) is 2.41. The molecule has 0 saturated carbocycles. The summed E-state index contributed by atoms with van der Waals surface area (Å²) >= 11 is 1.24. The molecule has 0 bridgehead atoms. The number of halogens is 1. The summed E-state index contributed by atoms with van der Waals surface area (Å²) in [6, 6.07) is 5.49. The molecule has 2 aromatic rings. The molecule has 0 unspecified atom stereocenters. The van der Waals surface area contributed by atoms with Crippen LogP contribution in [0.4, 0.5) is 4.39 Å². The van der Waals surface area contributed by atoms with Crippen LogP contribution in [-0.2, 0) is 4.79 Å². The third-order valence-corrected chi connectivity index (χ3v) is 5.14. The van der Waals surface area contributed by atoms with E-state index in [1.165, 1.54) is 23.5 Å². The van der Waals surface area contributed by atoms with Crippen LogP contribution in [0, 0.1) is 12.7 Å². The first-order valence-electron chi connectivity index (χ1n) is 7.86. The molecule has 1 aliphatic heterocycles. The van der Waals surface area contributed by atoms with Crippen molar-refractivity contribution >= 4 is 23.2 Å². The zero-order valence-electron chi connectivity index (χ0n) is 13.3. The van der Waals surface area contributed by atoms with Gasteiger partial charge in [-0.3, -0.25) is 9.59 Å². The molecule has 1 atom stereocenters. The van der Waals surface area contributed by atoms with E-state index < -0.39 is 6.04 Å². The van der Waals surface area contributed by atoms with E-state index in [0.29, 0.717) is 28.5 Å². The first-order chi connectivity index (χ1) is 11.5. The van der Waals surface area contributed by atoms with Crippen molar-refractivity contribution in [2.24, 2.45) is 0 Å². The lowest BCUT2D eigenvalue weighted by Gasteiger charge is -2.14. The number of carbonyl (C=O) groups excluding carboxylic acids is 2. The van der Waals surface area contributed by atoms with E-state index >= 15 is 0 Å². The first-order valence-corrected chi connectivity index (χ1v) is 8.68. The Labute approximate surface area is 143 Å². The van der Waals surface area contributed by atoms with Gasteiger partial charge in [0.25, 0.3) is 5.91 Å². The van der Waals surface area contributed by atoms with Gasteiger partial charge in [-0.1, -0.05) is 0 Å². The number of carbonyl (C=O) groups is 2. The maximum absolute atomic E-state index is 13.0. The van der Waals surface area contributed by atoms with E-state index in [-0.39, 0.29) is 17.6 Å². The molecule has 0 spiro atoms. The van der Waals surface area contributed by atoms with Crippen LogP contribution in [0.3, 0.4) is 0 Å². The van der Waals surface area contributed by atoms with Gasteiger partial charge in [0.05, 0.1) is 5.69 Å². The maximum Gasteiger partial charge on any atom is 0.263 e. The molecule has 1 fully saturated rings. The number of aryl methyl sites for hydroxylation is 1. The van der Waals surface area contributed by atoms with Gasteiger partial charge in [-0.25, -0.2) is 9.37 Å². The second kappa shape index (κ2) is 7.09. The van der Waals surface area contributed by atoms with Crippen molar-refractivity contribution < 1.29 is 14.0 Å². The molecule has 1 aromatic carbocycles. The van der Waals surface area contributed by atoms with Crippen molar-refractivity contribution in [3.05, 3.63) is 40.7 Å². The summed E-state index contributed by atoms with van der Waals surface area (Å²) < 4.78 is 13.0. The van der Waals surface area contributed by atoms with Crippen LogP contribution in [0.15, 0.2) is 24.3 Å². The number of thiazole rings is 1. The quantitative estimate of drug-likeness (QED) is 0.897. The fourth-order valence-electron chi connectivity index (χ4n) is 2.62. The molecule has 1 aromatic heterocycles. The van der Waals surface area contributed by atoms with Crippen molar-refractivity contribution in [2.75, 3.05) is 6.54 Å².